The maximum absolute atomic E-state index is 14.1. The Labute approximate surface area is 269 Å². The molecule has 2 saturated heterocycles. The standard InChI is InChI=1S/C36H42FN7O2/c1-25-7-3-8-26-9-4-11-30(33(25)26)44-24-31-29(21-36(44)14-15-36)34(39-35(46)43(31)23-27-10-6-18-40(27)2)41-19-20-42(28(22-41)13-17-38)32(45)12-5-16-37/h3-5,7-9,11-12,27-28H,6,10,13-16,18-24H2,1-2H3/b12-5+/t27-,28-/m0/s1. The molecular weight excluding hydrogens is 581 g/mol. The van der Waals surface area contributed by atoms with Gasteiger partial charge in [-0.2, -0.15) is 10.2 Å². The molecule has 10 heteroatoms. The number of nitrogens with zero attached hydrogens (tertiary/aromatic N) is 7. The Balaban J connectivity index is 1.31. The zero-order valence-corrected chi connectivity index (χ0v) is 26.8. The number of carbonyl (C=O) groups excluding carboxylic acids is 1. The summed E-state index contributed by atoms with van der Waals surface area (Å²) in [5.74, 6) is 0.409. The second-order valence-corrected chi connectivity index (χ2v) is 13.5. The number of amides is 1. The number of likely N-dealkylation sites (tertiary alicyclic amines) is 1. The van der Waals surface area contributed by atoms with Crippen LogP contribution in [0.1, 0.15) is 48.9 Å². The fourth-order valence-corrected chi connectivity index (χ4v) is 8.12. The van der Waals surface area contributed by atoms with Gasteiger partial charge in [-0.1, -0.05) is 30.3 Å². The monoisotopic (exact) mass is 623 g/mol. The molecule has 2 atom stereocenters. The molecule has 0 bridgehead atoms. The SMILES string of the molecule is Cc1cccc2cccc(N3Cc4c(c(N5CCN(C(=O)/C=C/CF)[C@@H](CC#N)C5)nc(=O)n4C[C@@H]4CCCN4C)CC34CC4)c12. The summed E-state index contributed by atoms with van der Waals surface area (Å²) in [4.78, 5) is 40.4. The number of nitriles is 1. The lowest BCUT2D eigenvalue weighted by Crippen LogP contribution is -2.56. The number of hydrogen-bond donors (Lipinski definition) is 0. The Bertz CT molecular complexity index is 1790. The molecule has 7 rings (SSSR count). The van der Waals surface area contributed by atoms with Crippen molar-refractivity contribution in [1.82, 2.24) is 19.4 Å². The van der Waals surface area contributed by atoms with Crippen molar-refractivity contribution in [2.75, 3.05) is 49.7 Å². The maximum atomic E-state index is 14.1. The van der Waals surface area contributed by atoms with Gasteiger partial charge in [-0.3, -0.25) is 9.36 Å². The second kappa shape index (κ2) is 12.2. The van der Waals surface area contributed by atoms with E-state index in [2.05, 4.69) is 71.1 Å². The molecule has 1 saturated carbocycles. The van der Waals surface area contributed by atoms with Crippen LogP contribution in [0.4, 0.5) is 15.9 Å². The highest BCUT2D eigenvalue weighted by molar-refractivity contribution is 5.97. The Kier molecular flexibility index (Phi) is 8.05. The van der Waals surface area contributed by atoms with E-state index in [1.54, 1.807) is 4.90 Å². The van der Waals surface area contributed by atoms with Crippen molar-refractivity contribution in [3.8, 4) is 6.07 Å². The molecule has 2 aromatic carbocycles. The lowest BCUT2D eigenvalue weighted by Gasteiger charge is -2.44. The number of likely N-dealkylation sites (N-methyl/N-ethyl adjacent to an activating group) is 1. The van der Waals surface area contributed by atoms with Crippen LogP contribution >= 0.6 is 0 Å². The first-order valence-electron chi connectivity index (χ1n) is 16.6. The van der Waals surface area contributed by atoms with Gasteiger partial charge in [0.05, 0.1) is 25.1 Å². The molecule has 3 fully saturated rings. The zero-order chi connectivity index (χ0) is 32.0. The van der Waals surface area contributed by atoms with Crippen LogP contribution in [0, 0.1) is 18.3 Å². The summed E-state index contributed by atoms with van der Waals surface area (Å²) in [7, 11) is 2.14. The van der Waals surface area contributed by atoms with E-state index in [-0.39, 0.29) is 35.6 Å². The summed E-state index contributed by atoms with van der Waals surface area (Å²) in [5, 5.41) is 12.1. The summed E-state index contributed by atoms with van der Waals surface area (Å²) in [6.07, 6.45) is 7.71. The minimum absolute atomic E-state index is 0.0482. The number of aromatic nitrogens is 2. The first-order valence-corrected chi connectivity index (χ1v) is 16.6. The molecule has 9 nitrogen and oxygen atoms in total. The fourth-order valence-electron chi connectivity index (χ4n) is 8.12. The van der Waals surface area contributed by atoms with Gasteiger partial charge in [-0.15, -0.1) is 0 Å². The highest BCUT2D eigenvalue weighted by Crippen LogP contribution is 2.53. The molecule has 0 N–H and O–H groups in total. The van der Waals surface area contributed by atoms with Gasteiger partial charge >= 0.3 is 5.69 Å². The van der Waals surface area contributed by atoms with Gasteiger partial charge in [0.2, 0.25) is 5.91 Å². The van der Waals surface area contributed by atoms with E-state index in [0.717, 1.165) is 49.9 Å². The Morgan fingerprint density at radius 1 is 1.15 bits per heavy atom. The average Bonchev–Trinajstić information content (AvgIpc) is 3.70. The topological polar surface area (TPSA) is 88.7 Å². The summed E-state index contributed by atoms with van der Waals surface area (Å²) in [5.41, 5.74) is 4.33. The van der Waals surface area contributed by atoms with Gasteiger partial charge in [0.15, 0.2) is 0 Å². The van der Waals surface area contributed by atoms with Crippen LogP contribution in [0.25, 0.3) is 10.8 Å². The first kappa shape index (κ1) is 30.4. The van der Waals surface area contributed by atoms with Crippen molar-refractivity contribution >= 4 is 28.2 Å². The highest BCUT2D eigenvalue weighted by Gasteiger charge is 2.53. The molecule has 1 amide bonds. The lowest BCUT2D eigenvalue weighted by molar-refractivity contribution is -0.128. The largest absolute Gasteiger partial charge is 0.359 e. The van der Waals surface area contributed by atoms with E-state index >= 15 is 0 Å². The minimum atomic E-state index is -0.714. The van der Waals surface area contributed by atoms with Crippen molar-refractivity contribution in [3.05, 3.63) is 75.9 Å². The van der Waals surface area contributed by atoms with Crippen molar-refractivity contribution in [1.29, 1.82) is 5.26 Å². The number of anilines is 2. The lowest BCUT2D eigenvalue weighted by atomic mass is 9.92. The molecule has 240 valence electrons. The minimum Gasteiger partial charge on any atom is -0.359 e. The van der Waals surface area contributed by atoms with E-state index in [1.165, 1.54) is 34.2 Å². The number of carbonyl (C=O) groups is 1. The molecule has 1 spiro atoms. The van der Waals surface area contributed by atoms with E-state index in [4.69, 9.17) is 4.98 Å². The molecule has 3 aliphatic heterocycles. The van der Waals surface area contributed by atoms with Gasteiger partial charge in [-0.25, -0.2) is 9.18 Å². The second-order valence-electron chi connectivity index (χ2n) is 13.5. The molecule has 1 aromatic heterocycles. The summed E-state index contributed by atoms with van der Waals surface area (Å²) in [6.45, 7) is 4.99. The molecule has 0 unspecified atom stereocenters. The van der Waals surface area contributed by atoms with Gasteiger partial charge < -0.3 is 19.6 Å². The number of alkyl halides is 1. The third-order valence-corrected chi connectivity index (χ3v) is 10.8. The number of allylic oxidation sites excluding steroid dienone is 1. The number of fused-ring (bicyclic) bond motifs is 2. The van der Waals surface area contributed by atoms with Crippen molar-refractivity contribution in [3.63, 3.8) is 0 Å². The average molecular weight is 624 g/mol. The fraction of sp³-hybridized carbons (Fsp3) is 0.500. The number of hydrogen-bond acceptors (Lipinski definition) is 7. The van der Waals surface area contributed by atoms with E-state index in [1.807, 2.05) is 4.57 Å². The van der Waals surface area contributed by atoms with Gasteiger partial charge in [0.1, 0.15) is 12.5 Å². The van der Waals surface area contributed by atoms with E-state index < -0.39 is 6.67 Å². The van der Waals surface area contributed by atoms with E-state index in [0.29, 0.717) is 38.5 Å². The van der Waals surface area contributed by atoms with Gasteiger partial charge in [0.25, 0.3) is 0 Å². The van der Waals surface area contributed by atoms with Crippen LogP contribution in [0.2, 0.25) is 0 Å². The van der Waals surface area contributed by atoms with Crippen LogP contribution in [0.5, 0.6) is 0 Å². The van der Waals surface area contributed by atoms with Crippen LogP contribution in [-0.2, 0) is 24.3 Å². The van der Waals surface area contributed by atoms with Crippen LogP contribution in [-0.4, -0.2) is 82.8 Å². The number of piperazine rings is 1. The molecule has 1 aliphatic carbocycles. The molecule has 4 heterocycles. The van der Waals surface area contributed by atoms with Gasteiger partial charge in [0, 0.05) is 72.6 Å². The first-order chi connectivity index (χ1) is 22.3. The Morgan fingerprint density at radius 3 is 2.67 bits per heavy atom. The number of rotatable bonds is 7. The molecular formula is C36H42FN7O2. The highest BCUT2D eigenvalue weighted by atomic mass is 19.1. The maximum Gasteiger partial charge on any atom is 0.349 e. The third kappa shape index (κ3) is 5.34. The van der Waals surface area contributed by atoms with Crippen LogP contribution in [0.3, 0.4) is 0 Å². The van der Waals surface area contributed by atoms with Gasteiger partial charge in [-0.05, 0) is 69.3 Å². The smallest absolute Gasteiger partial charge is 0.349 e. The van der Waals surface area contributed by atoms with Crippen molar-refractivity contribution < 1.29 is 9.18 Å². The predicted molar refractivity (Wildman–Crippen MR) is 178 cm³/mol. The van der Waals surface area contributed by atoms with Crippen LogP contribution in [0.15, 0.2) is 53.3 Å². The normalized spacial score (nSPS) is 22.5. The summed E-state index contributed by atoms with van der Waals surface area (Å²) in [6, 6.07) is 15.1. The van der Waals surface area contributed by atoms with E-state index in [9.17, 15) is 19.2 Å². The molecule has 46 heavy (non-hydrogen) atoms. The molecule has 4 aliphatic rings. The molecule has 3 aromatic rings. The summed E-state index contributed by atoms with van der Waals surface area (Å²) >= 11 is 0. The summed E-state index contributed by atoms with van der Waals surface area (Å²) < 4.78 is 14.7. The Morgan fingerprint density at radius 2 is 1.96 bits per heavy atom. The third-order valence-electron chi connectivity index (χ3n) is 10.8. The quantitative estimate of drug-likeness (QED) is 0.362. The van der Waals surface area contributed by atoms with Crippen molar-refractivity contribution in [2.45, 2.75) is 76.2 Å². The number of aryl methyl sites for hydroxylation is 1. The van der Waals surface area contributed by atoms with Crippen LogP contribution < -0.4 is 15.5 Å². The number of halogens is 1. The molecule has 0 radical (unpaired) electrons. The van der Waals surface area contributed by atoms with Crippen molar-refractivity contribution in [2.24, 2.45) is 0 Å². The Hall–Kier alpha value is -4.23. The zero-order valence-electron chi connectivity index (χ0n) is 26.8. The predicted octanol–water partition coefficient (Wildman–Crippen LogP) is 4.35. The number of benzene rings is 2.